The molecule has 5 nitrogen and oxygen atoms in total. The fourth-order valence-electron chi connectivity index (χ4n) is 1.51. The van der Waals surface area contributed by atoms with E-state index < -0.39 is 12.0 Å². The van der Waals surface area contributed by atoms with Crippen LogP contribution in [-0.2, 0) is 11.3 Å². The van der Waals surface area contributed by atoms with Gasteiger partial charge in [-0.3, -0.25) is 9.48 Å². The molecule has 15 heavy (non-hydrogen) atoms. The maximum Gasteiger partial charge on any atom is 0.322 e. The summed E-state index contributed by atoms with van der Waals surface area (Å²) in [6.45, 7) is 6.70. The molecule has 1 aromatic heterocycles. The van der Waals surface area contributed by atoms with Gasteiger partial charge in [-0.25, -0.2) is 0 Å². The zero-order valence-electron chi connectivity index (χ0n) is 9.32. The third kappa shape index (κ3) is 3.06. The topological polar surface area (TPSA) is 67.2 Å². The van der Waals surface area contributed by atoms with Crippen LogP contribution in [0.4, 0.5) is 0 Å². The van der Waals surface area contributed by atoms with Gasteiger partial charge >= 0.3 is 5.97 Å². The largest absolute Gasteiger partial charge is 0.480 e. The number of nitrogens with zero attached hydrogens (tertiary/aromatic N) is 2. The van der Waals surface area contributed by atoms with E-state index in [9.17, 15) is 4.79 Å². The predicted octanol–water partition coefficient (Wildman–Crippen LogP) is 0.563. The second-order valence-corrected chi connectivity index (χ2v) is 3.56. The highest BCUT2D eigenvalue weighted by Crippen LogP contribution is 2.03. The molecule has 0 aliphatic carbocycles. The number of aromatic nitrogens is 2. The summed E-state index contributed by atoms with van der Waals surface area (Å²) in [5.41, 5.74) is 1.89. The molecule has 2 N–H and O–H groups in total. The van der Waals surface area contributed by atoms with Crippen LogP contribution in [0.3, 0.4) is 0 Å². The maximum atomic E-state index is 10.9. The number of hydrogen-bond acceptors (Lipinski definition) is 3. The Balaban J connectivity index is 2.73. The SMILES string of the molecule is CCNC(Cn1nc(C)cc1C)C(=O)O. The summed E-state index contributed by atoms with van der Waals surface area (Å²) in [7, 11) is 0. The average Bonchev–Trinajstić information content (AvgIpc) is 2.44. The molecule has 0 fully saturated rings. The summed E-state index contributed by atoms with van der Waals surface area (Å²) >= 11 is 0. The van der Waals surface area contributed by atoms with E-state index in [4.69, 9.17) is 5.11 Å². The lowest BCUT2D eigenvalue weighted by Gasteiger charge is -2.13. The predicted molar refractivity (Wildman–Crippen MR) is 56.8 cm³/mol. The molecule has 5 heteroatoms. The van der Waals surface area contributed by atoms with E-state index in [1.807, 2.05) is 26.8 Å². The van der Waals surface area contributed by atoms with E-state index in [0.29, 0.717) is 13.1 Å². The second-order valence-electron chi connectivity index (χ2n) is 3.56. The van der Waals surface area contributed by atoms with Crippen molar-refractivity contribution in [2.45, 2.75) is 33.4 Å². The van der Waals surface area contributed by atoms with E-state index in [2.05, 4.69) is 10.4 Å². The number of aryl methyl sites for hydroxylation is 2. The van der Waals surface area contributed by atoms with Gasteiger partial charge < -0.3 is 10.4 Å². The molecule has 0 saturated carbocycles. The van der Waals surface area contributed by atoms with Gasteiger partial charge in [0.15, 0.2) is 0 Å². The Morgan fingerprint density at radius 2 is 2.33 bits per heavy atom. The number of likely N-dealkylation sites (N-methyl/N-ethyl adjacent to an activating group) is 1. The Bertz CT molecular complexity index is 346. The van der Waals surface area contributed by atoms with Gasteiger partial charge in [0, 0.05) is 5.69 Å². The fourth-order valence-corrected chi connectivity index (χ4v) is 1.51. The Morgan fingerprint density at radius 1 is 1.67 bits per heavy atom. The summed E-state index contributed by atoms with van der Waals surface area (Å²) in [6, 6.07) is 1.36. The van der Waals surface area contributed by atoms with E-state index in [1.54, 1.807) is 4.68 Å². The standard InChI is InChI=1S/C10H17N3O2/c1-4-11-9(10(14)15)6-13-8(3)5-7(2)12-13/h5,9,11H,4,6H2,1-3H3,(H,14,15). The van der Waals surface area contributed by atoms with Crippen molar-refractivity contribution in [3.8, 4) is 0 Å². The van der Waals surface area contributed by atoms with Crippen molar-refractivity contribution in [2.75, 3.05) is 6.54 Å². The molecule has 84 valence electrons. The maximum absolute atomic E-state index is 10.9. The number of nitrogens with one attached hydrogen (secondary N) is 1. The Kier molecular flexibility index (Phi) is 3.85. The Morgan fingerprint density at radius 3 is 2.73 bits per heavy atom. The molecule has 0 spiro atoms. The average molecular weight is 211 g/mol. The smallest absolute Gasteiger partial charge is 0.322 e. The van der Waals surface area contributed by atoms with Crippen LogP contribution in [0.25, 0.3) is 0 Å². The van der Waals surface area contributed by atoms with Gasteiger partial charge in [-0.15, -0.1) is 0 Å². The third-order valence-electron chi connectivity index (χ3n) is 2.21. The van der Waals surface area contributed by atoms with E-state index in [1.165, 1.54) is 0 Å². The van der Waals surface area contributed by atoms with Crippen LogP contribution in [-0.4, -0.2) is 33.4 Å². The van der Waals surface area contributed by atoms with Crippen molar-refractivity contribution in [3.63, 3.8) is 0 Å². The van der Waals surface area contributed by atoms with Crippen LogP contribution in [0, 0.1) is 13.8 Å². The van der Waals surface area contributed by atoms with Crippen LogP contribution in [0.2, 0.25) is 0 Å². The zero-order valence-corrected chi connectivity index (χ0v) is 9.32. The van der Waals surface area contributed by atoms with Crippen molar-refractivity contribution >= 4 is 5.97 Å². The molecule has 0 aromatic carbocycles. The quantitative estimate of drug-likeness (QED) is 0.747. The van der Waals surface area contributed by atoms with Crippen LogP contribution in [0.1, 0.15) is 18.3 Å². The van der Waals surface area contributed by atoms with Crippen LogP contribution >= 0.6 is 0 Å². The summed E-state index contributed by atoms with van der Waals surface area (Å²) in [4.78, 5) is 10.9. The highest BCUT2D eigenvalue weighted by atomic mass is 16.4. The van der Waals surface area contributed by atoms with Gasteiger partial charge in [-0.1, -0.05) is 6.92 Å². The summed E-state index contributed by atoms with van der Waals surface area (Å²) < 4.78 is 1.72. The molecule has 0 saturated heterocycles. The van der Waals surface area contributed by atoms with Crippen LogP contribution in [0.5, 0.6) is 0 Å². The molecule has 0 bridgehead atoms. The van der Waals surface area contributed by atoms with Gasteiger partial charge in [0.05, 0.1) is 12.2 Å². The van der Waals surface area contributed by atoms with E-state index in [0.717, 1.165) is 11.4 Å². The first-order valence-electron chi connectivity index (χ1n) is 5.01. The number of carboxylic acid groups (broad SMARTS) is 1. The first kappa shape index (κ1) is 11.7. The van der Waals surface area contributed by atoms with Crippen LogP contribution < -0.4 is 5.32 Å². The van der Waals surface area contributed by atoms with E-state index in [-0.39, 0.29) is 0 Å². The molecule has 0 aliphatic rings. The van der Waals surface area contributed by atoms with Gasteiger partial charge in [0.2, 0.25) is 0 Å². The van der Waals surface area contributed by atoms with Crippen molar-refractivity contribution in [3.05, 3.63) is 17.5 Å². The van der Waals surface area contributed by atoms with Crippen molar-refractivity contribution in [1.29, 1.82) is 0 Å². The first-order valence-corrected chi connectivity index (χ1v) is 5.01. The zero-order chi connectivity index (χ0) is 11.4. The minimum Gasteiger partial charge on any atom is -0.480 e. The summed E-state index contributed by atoms with van der Waals surface area (Å²) in [5, 5.41) is 16.1. The minimum absolute atomic E-state index is 0.364. The molecule has 1 unspecified atom stereocenters. The lowest BCUT2D eigenvalue weighted by molar-refractivity contribution is -0.139. The van der Waals surface area contributed by atoms with Gasteiger partial charge in [0.1, 0.15) is 6.04 Å². The molecule has 0 amide bonds. The number of carboxylic acids is 1. The number of aliphatic carboxylic acids is 1. The molecular formula is C10H17N3O2. The third-order valence-corrected chi connectivity index (χ3v) is 2.21. The molecular weight excluding hydrogens is 194 g/mol. The molecule has 0 radical (unpaired) electrons. The van der Waals surface area contributed by atoms with Gasteiger partial charge in [-0.05, 0) is 26.5 Å². The monoisotopic (exact) mass is 211 g/mol. The lowest BCUT2D eigenvalue weighted by Crippen LogP contribution is -2.40. The van der Waals surface area contributed by atoms with Crippen molar-refractivity contribution < 1.29 is 9.90 Å². The number of rotatable bonds is 5. The fraction of sp³-hybridized carbons (Fsp3) is 0.600. The van der Waals surface area contributed by atoms with Gasteiger partial charge in [0.25, 0.3) is 0 Å². The van der Waals surface area contributed by atoms with Crippen molar-refractivity contribution in [1.82, 2.24) is 15.1 Å². The highest BCUT2D eigenvalue weighted by molar-refractivity contribution is 5.73. The molecule has 1 heterocycles. The Hall–Kier alpha value is -1.36. The van der Waals surface area contributed by atoms with Crippen LogP contribution in [0.15, 0.2) is 6.07 Å². The molecule has 1 aromatic rings. The highest BCUT2D eigenvalue weighted by Gasteiger charge is 2.17. The first-order chi connectivity index (χ1) is 7.04. The molecule has 1 atom stereocenters. The van der Waals surface area contributed by atoms with E-state index >= 15 is 0 Å². The summed E-state index contributed by atoms with van der Waals surface area (Å²) in [6.07, 6.45) is 0. The number of carbonyl (C=O) groups is 1. The normalized spacial score (nSPS) is 12.7. The summed E-state index contributed by atoms with van der Waals surface area (Å²) in [5.74, 6) is -0.843. The van der Waals surface area contributed by atoms with Gasteiger partial charge in [-0.2, -0.15) is 5.10 Å². The molecule has 1 rings (SSSR count). The lowest BCUT2D eigenvalue weighted by atomic mass is 10.3. The second kappa shape index (κ2) is 4.93. The van der Waals surface area contributed by atoms with Crippen molar-refractivity contribution in [2.24, 2.45) is 0 Å². The number of hydrogen-bond donors (Lipinski definition) is 2. The molecule has 0 aliphatic heterocycles. The Labute approximate surface area is 89.1 Å². The minimum atomic E-state index is -0.843.